The zero-order valence-electron chi connectivity index (χ0n) is 7.98. The van der Waals surface area contributed by atoms with Crippen LogP contribution in [-0.4, -0.2) is 16.3 Å². The molecule has 2 rings (SSSR count). The molecule has 1 fully saturated rings. The van der Waals surface area contributed by atoms with Gasteiger partial charge in [-0.15, -0.1) is 0 Å². The van der Waals surface area contributed by atoms with Gasteiger partial charge in [0.15, 0.2) is 0 Å². The minimum atomic E-state index is -0.271. The number of hydrogen-bond acceptors (Lipinski definition) is 4. The molecule has 0 bridgehead atoms. The second-order valence-electron chi connectivity index (χ2n) is 3.02. The molecule has 0 saturated carbocycles. The molecule has 0 aliphatic carbocycles. The Morgan fingerprint density at radius 2 is 2.06 bits per heavy atom. The van der Waals surface area contributed by atoms with E-state index in [-0.39, 0.29) is 11.1 Å². The van der Waals surface area contributed by atoms with Crippen LogP contribution in [0.3, 0.4) is 0 Å². The predicted octanol–water partition coefficient (Wildman–Crippen LogP) is 2.29. The standard InChI is InChI=1S/C10H7ClN2O2S/c11-7-3-1-6(2-4-7)5-8-9(14)12-10(13-15)16-8/h1-5,15H,(H,12,13,14). The number of nitrogens with one attached hydrogen (secondary N) is 1. The number of rotatable bonds is 1. The Morgan fingerprint density at radius 3 is 2.62 bits per heavy atom. The molecule has 6 heteroatoms. The van der Waals surface area contributed by atoms with Gasteiger partial charge in [-0.05, 0) is 35.5 Å². The average Bonchev–Trinajstić information content (AvgIpc) is 2.63. The third kappa shape index (κ3) is 2.37. The lowest BCUT2D eigenvalue weighted by Crippen LogP contribution is -2.19. The zero-order valence-corrected chi connectivity index (χ0v) is 9.55. The van der Waals surface area contributed by atoms with Gasteiger partial charge in [0.1, 0.15) is 0 Å². The van der Waals surface area contributed by atoms with Gasteiger partial charge in [0, 0.05) is 5.02 Å². The van der Waals surface area contributed by atoms with Crippen molar-refractivity contribution in [3.8, 4) is 0 Å². The van der Waals surface area contributed by atoms with E-state index in [9.17, 15) is 4.79 Å². The summed E-state index contributed by atoms with van der Waals surface area (Å²) in [5, 5.41) is 14.7. The summed E-state index contributed by atoms with van der Waals surface area (Å²) in [5.41, 5.74) is 0.862. The number of thioether (sulfide) groups is 1. The molecule has 82 valence electrons. The fraction of sp³-hybridized carbons (Fsp3) is 0. The summed E-state index contributed by atoms with van der Waals surface area (Å²) in [6.07, 6.45) is 1.70. The maximum Gasteiger partial charge on any atom is 0.264 e. The highest BCUT2D eigenvalue weighted by Gasteiger charge is 2.23. The first-order valence-electron chi connectivity index (χ1n) is 4.37. The smallest absolute Gasteiger partial charge is 0.264 e. The molecule has 0 atom stereocenters. The van der Waals surface area contributed by atoms with Crippen molar-refractivity contribution in [2.75, 3.05) is 0 Å². The van der Waals surface area contributed by atoms with Crippen LogP contribution < -0.4 is 5.32 Å². The van der Waals surface area contributed by atoms with Gasteiger partial charge in [-0.3, -0.25) is 10.1 Å². The molecule has 1 aromatic carbocycles. The van der Waals surface area contributed by atoms with Crippen LogP contribution in [0.15, 0.2) is 34.3 Å². The molecule has 16 heavy (non-hydrogen) atoms. The number of hydrogen-bond donors (Lipinski definition) is 2. The Bertz CT molecular complexity index is 482. The van der Waals surface area contributed by atoms with Crippen LogP contribution in [0.2, 0.25) is 5.02 Å². The normalized spacial score (nSPS) is 20.4. The van der Waals surface area contributed by atoms with Crippen molar-refractivity contribution >= 4 is 40.5 Å². The summed E-state index contributed by atoms with van der Waals surface area (Å²) < 4.78 is 0. The highest BCUT2D eigenvalue weighted by atomic mass is 35.5. The maximum atomic E-state index is 11.4. The Balaban J connectivity index is 2.25. The molecule has 2 N–H and O–H groups in total. The summed E-state index contributed by atoms with van der Waals surface area (Å²) in [6, 6.07) is 7.09. The average molecular weight is 255 g/mol. The van der Waals surface area contributed by atoms with E-state index in [0.717, 1.165) is 17.3 Å². The first-order valence-corrected chi connectivity index (χ1v) is 5.57. The Kier molecular flexibility index (Phi) is 3.17. The molecule has 0 aromatic heterocycles. The SMILES string of the molecule is O=C1NC(=NO)SC1=Cc1ccc(Cl)cc1. The van der Waals surface area contributed by atoms with E-state index in [1.807, 2.05) is 0 Å². The van der Waals surface area contributed by atoms with Crippen molar-refractivity contribution in [2.45, 2.75) is 0 Å². The van der Waals surface area contributed by atoms with Crippen molar-refractivity contribution in [1.82, 2.24) is 5.32 Å². The molecule has 4 nitrogen and oxygen atoms in total. The second-order valence-corrected chi connectivity index (χ2v) is 4.49. The number of amidine groups is 1. The minimum Gasteiger partial charge on any atom is -0.409 e. The predicted molar refractivity (Wildman–Crippen MR) is 64.4 cm³/mol. The zero-order chi connectivity index (χ0) is 11.5. The monoisotopic (exact) mass is 254 g/mol. The number of oxime groups is 1. The maximum absolute atomic E-state index is 11.4. The number of amides is 1. The van der Waals surface area contributed by atoms with Crippen molar-refractivity contribution in [3.63, 3.8) is 0 Å². The summed E-state index contributed by atoms with van der Waals surface area (Å²) in [7, 11) is 0. The summed E-state index contributed by atoms with van der Waals surface area (Å²) in [5.74, 6) is -0.271. The van der Waals surface area contributed by atoms with E-state index >= 15 is 0 Å². The van der Waals surface area contributed by atoms with E-state index in [4.69, 9.17) is 16.8 Å². The number of nitrogens with zero attached hydrogens (tertiary/aromatic N) is 1. The van der Waals surface area contributed by atoms with Crippen molar-refractivity contribution in [3.05, 3.63) is 39.8 Å². The van der Waals surface area contributed by atoms with Crippen LogP contribution in [-0.2, 0) is 4.79 Å². The fourth-order valence-electron chi connectivity index (χ4n) is 1.19. The van der Waals surface area contributed by atoms with Crippen LogP contribution in [0, 0.1) is 0 Å². The number of benzene rings is 1. The summed E-state index contributed by atoms with van der Waals surface area (Å²) >= 11 is 6.83. The van der Waals surface area contributed by atoms with E-state index in [1.54, 1.807) is 30.3 Å². The Morgan fingerprint density at radius 1 is 1.38 bits per heavy atom. The molecular formula is C10H7ClN2O2S. The van der Waals surface area contributed by atoms with Gasteiger partial charge in [0.05, 0.1) is 4.91 Å². The van der Waals surface area contributed by atoms with Crippen molar-refractivity contribution in [2.24, 2.45) is 5.16 Å². The van der Waals surface area contributed by atoms with Gasteiger partial charge in [0.25, 0.3) is 5.91 Å². The van der Waals surface area contributed by atoms with Crippen LogP contribution in [0.4, 0.5) is 0 Å². The van der Waals surface area contributed by atoms with E-state index in [2.05, 4.69) is 10.5 Å². The van der Waals surface area contributed by atoms with Crippen LogP contribution in [0.5, 0.6) is 0 Å². The third-order valence-electron chi connectivity index (χ3n) is 1.91. The quantitative estimate of drug-likeness (QED) is 0.459. The lowest BCUT2D eigenvalue weighted by Gasteiger charge is -1.94. The van der Waals surface area contributed by atoms with E-state index < -0.39 is 0 Å². The fourth-order valence-corrected chi connectivity index (χ4v) is 2.04. The Labute approximate surface area is 101 Å². The van der Waals surface area contributed by atoms with Gasteiger partial charge in [-0.1, -0.05) is 28.9 Å². The molecule has 0 unspecified atom stereocenters. The largest absolute Gasteiger partial charge is 0.409 e. The highest BCUT2D eigenvalue weighted by Crippen LogP contribution is 2.25. The van der Waals surface area contributed by atoms with Crippen LogP contribution >= 0.6 is 23.4 Å². The molecule has 1 aliphatic rings. The minimum absolute atomic E-state index is 0.185. The number of carbonyl (C=O) groups is 1. The topological polar surface area (TPSA) is 61.7 Å². The lowest BCUT2D eigenvalue weighted by molar-refractivity contribution is -0.115. The molecule has 0 radical (unpaired) electrons. The summed E-state index contributed by atoms with van der Waals surface area (Å²) in [6.45, 7) is 0. The van der Waals surface area contributed by atoms with Gasteiger partial charge >= 0.3 is 0 Å². The van der Waals surface area contributed by atoms with Gasteiger partial charge < -0.3 is 5.21 Å². The van der Waals surface area contributed by atoms with Crippen LogP contribution in [0.25, 0.3) is 6.08 Å². The first-order chi connectivity index (χ1) is 7.69. The van der Waals surface area contributed by atoms with E-state index in [0.29, 0.717) is 9.93 Å². The molecule has 1 aliphatic heterocycles. The third-order valence-corrected chi connectivity index (χ3v) is 3.06. The second kappa shape index (κ2) is 4.59. The molecule has 1 saturated heterocycles. The van der Waals surface area contributed by atoms with Gasteiger partial charge in [0.2, 0.25) is 5.17 Å². The highest BCUT2D eigenvalue weighted by molar-refractivity contribution is 8.18. The number of halogens is 1. The van der Waals surface area contributed by atoms with Gasteiger partial charge in [-0.2, -0.15) is 0 Å². The van der Waals surface area contributed by atoms with Crippen molar-refractivity contribution < 1.29 is 10.0 Å². The summed E-state index contributed by atoms with van der Waals surface area (Å²) in [4.78, 5) is 11.9. The molecule has 0 spiro atoms. The molecule has 1 heterocycles. The number of carbonyl (C=O) groups excluding carboxylic acids is 1. The first kappa shape index (κ1) is 11.0. The lowest BCUT2D eigenvalue weighted by atomic mass is 10.2. The van der Waals surface area contributed by atoms with Gasteiger partial charge in [-0.25, -0.2) is 0 Å². The van der Waals surface area contributed by atoms with Crippen molar-refractivity contribution in [1.29, 1.82) is 0 Å². The van der Waals surface area contributed by atoms with E-state index in [1.165, 1.54) is 0 Å². The molecule has 1 aromatic rings. The molecular weight excluding hydrogens is 248 g/mol. The van der Waals surface area contributed by atoms with Crippen LogP contribution in [0.1, 0.15) is 5.56 Å². The Hall–Kier alpha value is -1.46. The molecule has 1 amide bonds.